The van der Waals surface area contributed by atoms with Crippen molar-refractivity contribution in [2.24, 2.45) is 5.73 Å². The second-order valence-corrected chi connectivity index (χ2v) is 4.02. The van der Waals surface area contributed by atoms with Gasteiger partial charge in [-0.05, 0) is 30.7 Å². The van der Waals surface area contributed by atoms with Crippen LogP contribution in [0.4, 0.5) is 4.39 Å². The van der Waals surface area contributed by atoms with Gasteiger partial charge in [0.05, 0.1) is 0 Å². The molecule has 0 aliphatic heterocycles. The van der Waals surface area contributed by atoms with Gasteiger partial charge in [0.2, 0.25) is 0 Å². The number of pyridine rings is 1. The third kappa shape index (κ3) is 2.84. The Morgan fingerprint density at radius 3 is 2.83 bits per heavy atom. The molecule has 1 atom stereocenters. The monoisotopic (exact) mass is 246 g/mol. The highest BCUT2D eigenvalue weighted by Gasteiger charge is 2.10. The summed E-state index contributed by atoms with van der Waals surface area (Å²) in [7, 11) is 0. The quantitative estimate of drug-likeness (QED) is 0.902. The lowest BCUT2D eigenvalue weighted by Crippen LogP contribution is -2.05. The van der Waals surface area contributed by atoms with Crippen LogP contribution in [0.2, 0.25) is 0 Å². The molecule has 0 spiro atoms. The number of nitrogens with zero attached hydrogens (tertiary/aromatic N) is 1. The van der Waals surface area contributed by atoms with Gasteiger partial charge in [0, 0.05) is 24.5 Å². The Balaban J connectivity index is 2.14. The molecule has 0 radical (unpaired) electrons. The Morgan fingerprint density at radius 1 is 1.39 bits per heavy atom. The Kier molecular flexibility index (Phi) is 3.89. The Labute approximate surface area is 105 Å². The van der Waals surface area contributed by atoms with Crippen molar-refractivity contribution in [3.05, 3.63) is 59.7 Å². The van der Waals surface area contributed by atoms with Crippen LogP contribution in [0.5, 0.6) is 5.75 Å². The molecule has 0 aliphatic carbocycles. The van der Waals surface area contributed by atoms with Crippen LogP contribution in [0.15, 0.2) is 42.7 Å². The third-order valence-corrected chi connectivity index (χ3v) is 2.69. The van der Waals surface area contributed by atoms with Gasteiger partial charge in [-0.25, -0.2) is 4.39 Å². The van der Waals surface area contributed by atoms with E-state index >= 15 is 0 Å². The fourth-order valence-corrected chi connectivity index (χ4v) is 1.64. The first-order chi connectivity index (χ1) is 8.70. The molecule has 1 aromatic heterocycles. The summed E-state index contributed by atoms with van der Waals surface area (Å²) in [5, 5.41) is 0. The lowest BCUT2D eigenvalue weighted by atomic mass is 10.2. The topological polar surface area (TPSA) is 48.1 Å². The van der Waals surface area contributed by atoms with Crippen molar-refractivity contribution in [1.29, 1.82) is 0 Å². The smallest absolute Gasteiger partial charge is 0.165 e. The molecule has 1 aromatic carbocycles. The summed E-state index contributed by atoms with van der Waals surface area (Å²) in [5.41, 5.74) is 7.09. The minimum absolute atomic E-state index is 0.226. The summed E-state index contributed by atoms with van der Waals surface area (Å²) in [5.74, 6) is -0.169. The number of aromatic nitrogens is 1. The van der Waals surface area contributed by atoms with Gasteiger partial charge in [0.25, 0.3) is 0 Å². The average molecular weight is 246 g/mol. The Hall–Kier alpha value is -1.94. The zero-order chi connectivity index (χ0) is 13.0. The predicted octanol–water partition coefficient (Wildman–Crippen LogP) is 2.82. The Bertz CT molecular complexity index is 516. The molecule has 2 rings (SSSR count). The minimum Gasteiger partial charge on any atom is -0.483 e. The average Bonchev–Trinajstić information content (AvgIpc) is 2.42. The van der Waals surface area contributed by atoms with E-state index in [1.54, 1.807) is 24.5 Å². The molecule has 4 heteroatoms. The first-order valence-electron chi connectivity index (χ1n) is 5.76. The molecule has 0 saturated heterocycles. The molecule has 2 aromatic rings. The highest BCUT2D eigenvalue weighted by molar-refractivity contribution is 5.30. The van der Waals surface area contributed by atoms with Gasteiger partial charge in [-0.1, -0.05) is 12.1 Å². The summed E-state index contributed by atoms with van der Waals surface area (Å²) >= 11 is 0. The molecule has 0 aliphatic rings. The number of hydrogen-bond donors (Lipinski definition) is 1. The molecule has 0 fully saturated rings. The van der Waals surface area contributed by atoms with Crippen LogP contribution in [0.3, 0.4) is 0 Å². The maximum absolute atomic E-state index is 13.7. The van der Waals surface area contributed by atoms with Crippen molar-refractivity contribution in [2.75, 3.05) is 0 Å². The van der Waals surface area contributed by atoms with Crippen LogP contribution in [0.1, 0.15) is 24.2 Å². The van der Waals surface area contributed by atoms with E-state index in [2.05, 4.69) is 4.98 Å². The molecule has 0 saturated carbocycles. The van der Waals surface area contributed by atoms with E-state index in [9.17, 15) is 4.39 Å². The van der Waals surface area contributed by atoms with Gasteiger partial charge >= 0.3 is 0 Å². The zero-order valence-electron chi connectivity index (χ0n) is 10.1. The highest BCUT2D eigenvalue weighted by Crippen LogP contribution is 2.24. The standard InChI is InChI=1S/C14H15FN2O/c1-10(12-3-2-6-17-9-12)18-14-5-4-11(8-16)7-13(14)15/h2-7,9-10H,8,16H2,1H3. The van der Waals surface area contributed by atoms with E-state index in [-0.39, 0.29) is 11.9 Å². The van der Waals surface area contributed by atoms with Crippen LogP contribution in [-0.4, -0.2) is 4.98 Å². The lowest BCUT2D eigenvalue weighted by Gasteiger charge is -2.15. The summed E-state index contributed by atoms with van der Waals surface area (Å²) in [6.07, 6.45) is 3.14. The number of nitrogens with two attached hydrogens (primary N) is 1. The van der Waals surface area contributed by atoms with E-state index in [1.807, 2.05) is 19.1 Å². The van der Waals surface area contributed by atoms with Crippen LogP contribution >= 0.6 is 0 Å². The van der Waals surface area contributed by atoms with Gasteiger partial charge in [-0.2, -0.15) is 0 Å². The van der Waals surface area contributed by atoms with Gasteiger partial charge in [0.15, 0.2) is 11.6 Å². The number of benzene rings is 1. The van der Waals surface area contributed by atoms with E-state index in [4.69, 9.17) is 10.5 Å². The predicted molar refractivity (Wildman–Crippen MR) is 67.6 cm³/mol. The van der Waals surface area contributed by atoms with Crippen molar-refractivity contribution in [3.8, 4) is 5.75 Å². The fourth-order valence-electron chi connectivity index (χ4n) is 1.64. The molecular formula is C14H15FN2O. The molecule has 0 bridgehead atoms. The number of ether oxygens (including phenoxy) is 1. The number of halogens is 1. The van der Waals surface area contributed by atoms with Crippen molar-refractivity contribution >= 4 is 0 Å². The van der Waals surface area contributed by atoms with Gasteiger partial charge in [0.1, 0.15) is 6.10 Å². The largest absolute Gasteiger partial charge is 0.483 e. The van der Waals surface area contributed by atoms with E-state index in [1.165, 1.54) is 6.07 Å². The zero-order valence-corrected chi connectivity index (χ0v) is 10.1. The van der Waals surface area contributed by atoms with Crippen molar-refractivity contribution in [2.45, 2.75) is 19.6 Å². The summed E-state index contributed by atoms with van der Waals surface area (Å²) in [4.78, 5) is 4.01. The molecule has 1 unspecified atom stereocenters. The maximum Gasteiger partial charge on any atom is 0.165 e. The van der Waals surface area contributed by atoms with Gasteiger partial charge in [-0.15, -0.1) is 0 Å². The van der Waals surface area contributed by atoms with Gasteiger partial charge in [-0.3, -0.25) is 4.98 Å². The second-order valence-electron chi connectivity index (χ2n) is 4.02. The van der Waals surface area contributed by atoms with E-state index in [0.29, 0.717) is 6.54 Å². The lowest BCUT2D eigenvalue weighted by molar-refractivity contribution is 0.216. The van der Waals surface area contributed by atoms with E-state index in [0.717, 1.165) is 11.1 Å². The van der Waals surface area contributed by atoms with Crippen LogP contribution in [0, 0.1) is 5.82 Å². The molecule has 3 nitrogen and oxygen atoms in total. The second kappa shape index (κ2) is 5.60. The van der Waals surface area contributed by atoms with E-state index < -0.39 is 5.82 Å². The molecule has 2 N–H and O–H groups in total. The van der Waals surface area contributed by atoms with Crippen molar-refractivity contribution in [3.63, 3.8) is 0 Å². The van der Waals surface area contributed by atoms with Crippen LogP contribution < -0.4 is 10.5 Å². The molecule has 94 valence electrons. The fraction of sp³-hybridized carbons (Fsp3) is 0.214. The first-order valence-corrected chi connectivity index (χ1v) is 5.76. The summed E-state index contributed by atoms with van der Waals surface area (Å²) in [6.45, 7) is 2.17. The minimum atomic E-state index is -0.395. The van der Waals surface area contributed by atoms with Crippen LogP contribution in [0.25, 0.3) is 0 Å². The molecule has 0 amide bonds. The number of rotatable bonds is 4. The first kappa shape index (κ1) is 12.5. The normalized spacial score (nSPS) is 12.2. The van der Waals surface area contributed by atoms with Crippen LogP contribution in [-0.2, 0) is 6.54 Å². The van der Waals surface area contributed by atoms with Gasteiger partial charge < -0.3 is 10.5 Å². The molecule has 1 heterocycles. The molecular weight excluding hydrogens is 231 g/mol. The highest BCUT2D eigenvalue weighted by atomic mass is 19.1. The maximum atomic E-state index is 13.7. The molecule has 18 heavy (non-hydrogen) atoms. The van der Waals surface area contributed by atoms with Crippen molar-refractivity contribution in [1.82, 2.24) is 4.98 Å². The number of hydrogen-bond acceptors (Lipinski definition) is 3. The summed E-state index contributed by atoms with van der Waals surface area (Å²) in [6, 6.07) is 8.47. The SMILES string of the molecule is CC(Oc1ccc(CN)cc1F)c1cccnc1. The van der Waals surface area contributed by atoms with Crippen molar-refractivity contribution < 1.29 is 9.13 Å². The third-order valence-electron chi connectivity index (χ3n) is 2.69. The Morgan fingerprint density at radius 2 is 2.22 bits per heavy atom. The summed E-state index contributed by atoms with van der Waals surface area (Å²) < 4.78 is 19.3.